The maximum Gasteiger partial charge on any atom is 0.411 e. The standard InChI is InChI=1S/C17H24ClNO2/c1-11(2)15-10-12(3)4-9-16(15)21-17(20)19-14-7-5-13(18)6-8-14/h5-8,11-12,15-16H,4,9-10H2,1-3H3,(H,19,20)/t12-,15-,16+/m0/s1. The van der Waals surface area contributed by atoms with E-state index in [2.05, 4.69) is 26.1 Å². The van der Waals surface area contributed by atoms with Gasteiger partial charge in [-0.2, -0.15) is 0 Å². The summed E-state index contributed by atoms with van der Waals surface area (Å²) < 4.78 is 5.66. The van der Waals surface area contributed by atoms with Gasteiger partial charge in [0.05, 0.1) is 0 Å². The molecule has 1 aliphatic rings. The number of carbonyl (C=O) groups excluding carboxylic acids is 1. The molecule has 1 saturated carbocycles. The van der Waals surface area contributed by atoms with Crippen molar-refractivity contribution >= 4 is 23.4 Å². The lowest BCUT2D eigenvalue weighted by molar-refractivity contribution is 0.0142. The second-order valence-corrected chi connectivity index (χ2v) is 6.84. The zero-order valence-corrected chi connectivity index (χ0v) is 13.7. The Morgan fingerprint density at radius 3 is 2.57 bits per heavy atom. The van der Waals surface area contributed by atoms with Crippen molar-refractivity contribution in [3.8, 4) is 0 Å². The number of nitrogens with one attached hydrogen (secondary N) is 1. The molecule has 0 unspecified atom stereocenters. The highest BCUT2D eigenvalue weighted by molar-refractivity contribution is 6.30. The van der Waals surface area contributed by atoms with Crippen molar-refractivity contribution < 1.29 is 9.53 Å². The van der Waals surface area contributed by atoms with Crippen LogP contribution in [0.4, 0.5) is 10.5 Å². The number of hydrogen-bond donors (Lipinski definition) is 1. The molecule has 3 nitrogen and oxygen atoms in total. The van der Waals surface area contributed by atoms with E-state index < -0.39 is 0 Å². The predicted octanol–water partition coefficient (Wildman–Crippen LogP) is 5.35. The molecule has 0 aliphatic heterocycles. The first-order valence-corrected chi connectivity index (χ1v) is 8.06. The first-order valence-electron chi connectivity index (χ1n) is 7.69. The number of carbonyl (C=O) groups is 1. The van der Waals surface area contributed by atoms with Crippen molar-refractivity contribution in [2.24, 2.45) is 17.8 Å². The SMILES string of the molecule is CC(C)[C@@H]1C[C@@H](C)CC[C@H]1OC(=O)Nc1ccc(Cl)cc1. The fourth-order valence-electron chi connectivity index (χ4n) is 3.06. The van der Waals surface area contributed by atoms with Crippen LogP contribution in [0.2, 0.25) is 5.02 Å². The molecule has 0 saturated heterocycles. The molecule has 1 amide bonds. The number of benzene rings is 1. The van der Waals surface area contributed by atoms with Gasteiger partial charge in [0.2, 0.25) is 0 Å². The van der Waals surface area contributed by atoms with E-state index in [9.17, 15) is 4.79 Å². The van der Waals surface area contributed by atoms with Crippen LogP contribution in [-0.4, -0.2) is 12.2 Å². The Bertz CT molecular complexity index is 472. The molecule has 1 fully saturated rings. The number of ether oxygens (including phenoxy) is 1. The first kappa shape index (κ1) is 16.2. The average Bonchev–Trinajstić information content (AvgIpc) is 2.43. The number of halogens is 1. The van der Waals surface area contributed by atoms with E-state index in [1.165, 1.54) is 0 Å². The first-order chi connectivity index (χ1) is 9.95. The largest absolute Gasteiger partial charge is 0.446 e. The van der Waals surface area contributed by atoms with Crippen LogP contribution >= 0.6 is 11.6 Å². The summed E-state index contributed by atoms with van der Waals surface area (Å²) in [5, 5.41) is 3.42. The molecule has 1 aromatic carbocycles. The smallest absolute Gasteiger partial charge is 0.411 e. The number of amides is 1. The summed E-state index contributed by atoms with van der Waals surface area (Å²) >= 11 is 5.83. The Kier molecular flexibility index (Phi) is 5.51. The van der Waals surface area contributed by atoms with Gasteiger partial charge in [-0.15, -0.1) is 0 Å². The van der Waals surface area contributed by atoms with Crippen molar-refractivity contribution in [3.63, 3.8) is 0 Å². The summed E-state index contributed by atoms with van der Waals surface area (Å²) in [6, 6.07) is 7.03. The van der Waals surface area contributed by atoms with E-state index in [-0.39, 0.29) is 12.2 Å². The molecule has 3 atom stereocenters. The van der Waals surface area contributed by atoms with Gasteiger partial charge in [0, 0.05) is 10.7 Å². The van der Waals surface area contributed by atoms with Crippen molar-refractivity contribution in [2.45, 2.75) is 46.1 Å². The third kappa shape index (κ3) is 4.63. The van der Waals surface area contributed by atoms with Gasteiger partial charge in [0.15, 0.2) is 0 Å². The van der Waals surface area contributed by atoms with Crippen LogP contribution in [0.15, 0.2) is 24.3 Å². The maximum atomic E-state index is 12.0. The summed E-state index contributed by atoms with van der Waals surface area (Å²) in [5.74, 6) is 1.70. The number of anilines is 1. The second-order valence-electron chi connectivity index (χ2n) is 6.40. The molecule has 0 aromatic heterocycles. The lowest BCUT2D eigenvalue weighted by Gasteiger charge is -2.36. The molecule has 0 bridgehead atoms. The topological polar surface area (TPSA) is 38.3 Å². The highest BCUT2D eigenvalue weighted by Gasteiger charge is 2.33. The summed E-state index contributed by atoms with van der Waals surface area (Å²) in [7, 11) is 0. The Balaban J connectivity index is 1.93. The fourth-order valence-corrected chi connectivity index (χ4v) is 3.19. The van der Waals surface area contributed by atoms with Crippen LogP contribution in [0.3, 0.4) is 0 Å². The van der Waals surface area contributed by atoms with E-state index in [0.717, 1.165) is 25.2 Å². The Labute approximate surface area is 132 Å². The molecule has 1 aromatic rings. The third-order valence-corrected chi connectivity index (χ3v) is 4.55. The molecule has 2 rings (SSSR count). The third-order valence-electron chi connectivity index (χ3n) is 4.30. The number of rotatable bonds is 3. The van der Waals surface area contributed by atoms with Crippen LogP contribution < -0.4 is 5.32 Å². The number of hydrogen-bond acceptors (Lipinski definition) is 2. The van der Waals surface area contributed by atoms with Crippen molar-refractivity contribution in [2.75, 3.05) is 5.32 Å². The van der Waals surface area contributed by atoms with E-state index in [4.69, 9.17) is 16.3 Å². The van der Waals surface area contributed by atoms with Gasteiger partial charge in [0.1, 0.15) is 6.10 Å². The van der Waals surface area contributed by atoms with Crippen LogP contribution in [0, 0.1) is 17.8 Å². The van der Waals surface area contributed by atoms with Crippen LogP contribution in [0.1, 0.15) is 40.0 Å². The lowest BCUT2D eigenvalue weighted by atomic mass is 9.75. The Morgan fingerprint density at radius 2 is 1.95 bits per heavy atom. The van der Waals surface area contributed by atoms with Gasteiger partial charge >= 0.3 is 6.09 Å². The van der Waals surface area contributed by atoms with Crippen LogP contribution in [-0.2, 0) is 4.74 Å². The van der Waals surface area contributed by atoms with Gasteiger partial charge in [-0.3, -0.25) is 5.32 Å². The van der Waals surface area contributed by atoms with E-state index in [1.54, 1.807) is 24.3 Å². The Morgan fingerprint density at radius 1 is 1.29 bits per heavy atom. The Hall–Kier alpha value is -1.22. The van der Waals surface area contributed by atoms with Gasteiger partial charge in [-0.1, -0.05) is 32.4 Å². The van der Waals surface area contributed by atoms with Crippen molar-refractivity contribution in [3.05, 3.63) is 29.3 Å². The van der Waals surface area contributed by atoms with Crippen molar-refractivity contribution in [1.29, 1.82) is 0 Å². The average molecular weight is 310 g/mol. The van der Waals surface area contributed by atoms with Gasteiger partial charge in [0.25, 0.3) is 0 Å². The minimum atomic E-state index is -0.373. The lowest BCUT2D eigenvalue weighted by Crippen LogP contribution is -2.36. The monoisotopic (exact) mass is 309 g/mol. The van der Waals surface area contributed by atoms with Crippen molar-refractivity contribution in [1.82, 2.24) is 0 Å². The molecule has 0 radical (unpaired) electrons. The molecule has 4 heteroatoms. The normalized spacial score (nSPS) is 25.7. The molecule has 1 aliphatic carbocycles. The molecule has 116 valence electrons. The second kappa shape index (κ2) is 7.17. The summed E-state index contributed by atoms with van der Waals surface area (Å²) in [4.78, 5) is 12.0. The summed E-state index contributed by atoms with van der Waals surface area (Å²) in [5.41, 5.74) is 0.703. The highest BCUT2D eigenvalue weighted by Crippen LogP contribution is 2.35. The van der Waals surface area contributed by atoms with E-state index >= 15 is 0 Å². The maximum absolute atomic E-state index is 12.0. The van der Waals surface area contributed by atoms with E-state index in [0.29, 0.717) is 22.5 Å². The fraction of sp³-hybridized carbons (Fsp3) is 0.588. The zero-order valence-electron chi connectivity index (χ0n) is 12.9. The molecular formula is C17H24ClNO2. The van der Waals surface area contributed by atoms with Crippen LogP contribution in [0.25, 0.3) is 0 Å². The molecule has 1 N–H and O–H groups in total. The molecule has 21 heavy (non-hydrogen) atoms. The zero-order chi connectivity index (χ0) is 15.4. The van der Waals surface area contributed by atoms with Gasteiger partial charge in [-0.25, -0.2) is 4.79 Å². The summed E-state index contributed by atoms with van der Waals surface area (Å²) in [6.07, 6.45) is 2.87. The van der Waals surface area contributed by atoms with Gasteiger partial charge < -0.3 is 4.74 Å². The molecular weight excluding hydrogens is 286 g/mol. The minimum absolute atomic E-state index is 0.0218. The molecule has 0 spiro atoms. The van der Waals surface area contributed by atoms with Crippen LogP contribution in [0.5, 0.6) is 0 Å². The summed E-state index contributed by atoms with van der Waals surface area (Å²) in [6.45, 7) is 6.69. The van der Waals surface area contributed by atoms with Gasteiger partial charge in [-0.05, 0) is 61.3 Å². The van der Waals surface area contributed by atoms with E-state index in [1.807, 2.05) is 0 Å². The predicted molar refractivity (Wildman–Crippen MR) is 86.7 cm³/mol. The molecule has 0 heterocycles. The highest BCUT2D eigenvalue weighted by atomic mass is 35.5. The quantitative estimate of drug-likeness (QED) is 0.817. The minimum Gasteiger partial charge on any atom is -0.446 e.